The van der Waals surface area contributed by atoms with Gasteiger partial charge in [0, 0.05) is 12.0 Å². The average molecular weight is 425 g/mol. The Balaban J connectivity index is 2.12. The average Bonchev–Trinajstić information content (AvgIpc) is 2.76. The number of methoxy groups -OCH3 is 2. The number of amides is 1. The number of ether oxygens (including phenoxy) is 2. The van der Waals surface area contributed by atoms with Crippen molar-refractivity contribution in [1.82, 2.24) is 10.1 Å². The fourth-order valence-corrected chi connectivity index (χ4v) is 4.17. The van der Waals surface area contributed by atoms with Crippen molar-refractivity contribution in [1.29, 1.82) is 0 Å². The zero-order chi connectivity index (χ0) is 21.4. The minimum atomic E-state index is -0.731. The Morgan fingerprint density at radius 1 is 1.17 bits per heavy atom. The molecule has 2 heterocycles. The fraction of sp³-hybridized carbons (Fsp3) is 0.238. The van der Waals surface area contributed by atoms with E-state index in [2.05, 4.69) is 10.1 Å². The summed E-state index contributed by atoms with van der Waals surface area (Å²) in [5, 5.41) is 5.09. The van der Waals surface area contributed by atoms with Crippen molar-refractivity contribution >= 4 is 23.4 Å². The van der Waals surface area contributed by atoms with Crippen molar-refractivity contribution in [3.05, 3.63) is 58.4 Å². The Labute approximate surface area is 177 Å². The molecule has 1 aromatic heterocycles. The number of nitrogens with one attached hydrogen (secondary N) is 1. The zero-order valence-electron chi connectivity index (χ0n) is 17.0. The standard InChI is InChI=1S/C21H20N4O4S/c1-12(26)24-15-10-6-5-8-13(15)17-19(27)22-21(30-4)23-25(17)20(24)14-9-7-11-16(28-2)18(14)29-3/h5-11,20H,1-4H3/p+1. The molecular formula is C21H21N4O4S+. The highest BCUT2D eigenvalue weighted by Crippen LogP contribution is 2.42. The minimum absolute atomic E-state index is 0.191. The van der Waals surface area contributed by atoms with E-state index in [0.29, 0.717) is 39.2 Å². The number of rotatable bonds is 4. The third-order valence-corrected chi connectivity index (χ3v) is 5.57. The molecule has 1 unspecified atom stereocenters. The Bertz CT molecular complexity index is 1190. The van der Waals surface area contributed by atoms with Gasteiger partial charge in [0.15, 0.2) is 11.5 Å². The lowest BCUT2D eigenvalue weighted by Gasteiger charge is -2.32. The van der Waals surface area contributed by atoms with Gasteiger partial charge in [-0.1, -0.05) is 30.0 Å². The number of thioether (sulfide) groups is 1. The van der Waals surface area contributed by atoms with Gasteiger partial charge in [-0.05, 0) is 35.2 Å². The van der Waals surface area contributed by atoms with Gasteiger partial charge in [0.2, 0.25) is 11.1 Å². The number of H-pyrrole nitrogens is 1. The third kappa shape index (κ3) is 3.02. The van der Waals surface area contributed by atoms with Crippen LogP contribution < -0.4 is 24.6 Å². The molecule has 8 nitrogen and oxygen atoms in total. The molecule has 1 atom stereocenters. The summed E-state index contributed by atoms with van der Waals surface area (Å²) in [5.74, 6) is 0.805. The summed E-state index contributed by atoms with van der Waals surface area (Å²) in [7, 11) is 3.09. The number of fused-ring (bicyclic) bond motifs is 3. The molecule has 9 heteroatoms. The summed E-state index contributed by atoms with van der Waals surface area (Å²) in [4.78, 5) is 30.3. The normalized spacial score (nSPS) is 14.7. The number of hydrogen-bond acceptors (Lipinski definition) is 6. The molecule has 0 spiro atoms. The van der Waals surface area contributed by atoms with Crippen LogP contribution in [0.2, 0.25) is 0 Å². The maximum atomic E-state index is 13.0. The highest BCUT2D eigenvalue weighted by Gasteiger charge is 2.46. The molecule has 0 aliphatic carbocycles. The van der Waals surface area contributed by atoms with Gasteiger partial charge in [-0.3, -0.25) is 14.6 Å². The zero-order valence-corrected chi connectivity index (χ0v) is 17.8. The van der Waals surface area contributed by atoms with Crippen LogP contribution >= 0.6 is 11.8 Å². The molecule has 1 aliphatic heterocycles. The van der Waals surface area contributed by atoms with Crippen molar-refractivity contribution in [2.75, 3.05) is 25.4 Å². The number of benzene rings is 2. The van der Waals surface area contributed by atoms with Crippen LogP contribution in [0, 0.1) is 0 Å². The van der Waals surface area contributed by atoms with Crippen LogP contribution in [0.3, 0.4) is 0 Å². The van der Waals surface area contributed by atoms with E-state index in [0.717, 1.165) is 0 Å². The molecule has 0 bridgehead atoms. The highest BCUT2D eigenvalue weighted by atomic mass is 32.2. The summed E-state index contributed by atoms with van der Waals surface area (Å²) < 4.78 is 12.7. The van der Waals surface area contributed by atoms with Gasteiger partial charge in [-0.25, -0.2) is 4.90 Å². The van der Waals surface area contributed by atoms with Gasteiger partial charge in [0.05, 0.1) is 31.0 Å². The molecule has 0 saturated carbocycles. The molecule has 0 saturated heterocycles. The predicted octanol–water partition coefficient (Wildman–Crippen LogP) is 2.38. The van der Waals surface area contributed by atoms with Crippen LogP contribution in [0.15, 0.2) is 52.4 Å². The Morgan fingerprint density at radius 2 is 1.93 bits per heavy atom. The minimum Gasteiger partial charge on any atom is -0.493 e. The predicted molar refractivity (Wildman–Crippen MR) is 113 cm³/mol. The lowest BCUT2D eigenvalue weighted by atomic mass is 10.0. The van der Waals surface area contributed by atoms with Gasteiger partial charge >= 0.3 is 11.3 Å². The molecule has 0 fully saturated rings. The Hall–Kier alpha value is -3.33. The van der Waals surface area contributed by atoms with Crippen molar-refractivity contribution in [3.8, 4) is 22.8 Å². The molecule has 1 aliphatic rings. The second kappa shape index (κ2) is 7.83. The van der Waals surface area contributed by atoms with E-state index in [9.17, 15) is 9.59 Å². The van der Waals surface area contributed by atoms with E-state index in [-0.39, 0.29) is 11.5 Å². The number of aromatic amines is 1. The quantitative estimate of drug-likeness (QED) is 0.510. The van der Waals surface area contributed by atoms with E-state index in [1.54, 1.807) is 29.9 Å². The largest absolute Gasteiger partial charge is 0.493 e. The second-order valence-corrected chi connectivity index (χ2v) is 7.41. The smallest absolute Gasteiger partial charge is 0.325 e. The van der Waals surface area contributed by atoms with Gasteiger partial charge in [-0.15, -0.1) is 0 Å². The molecule has 154 valence electrons. The molecule has 2 aromatic carbocycles. The lowest BCUT2D eigenvalue weighted by molar-refractivity contribution is -0.763. The summed E-state index contributed by atoms with van der Waals surface area (Å²) in [5.41, 5.74) is 2.00. The van der Waals surface area contributed by atoms with E-state index < -0.39 is 6.17 Å². The molecule has 1 N–H and O–H groups in total. The van der Waals surface area contributed by atoms with Crippen molar-refractivity contribution in [3.63, 3.8) is 0 Å². The Morgan fingerprint density at radius 3 is 2.60 bits per heavy atom. The maximum absolute atomic E-state index is 13.0. The molecule has 4 rings (SSSR count). The van der Waals surface area contributed by atoms with Crippen molar-refractivity contribution in [2.45, 2.75) is 18.2 Å². The van der Waals surface area contributed by atoms with Gasteiger partial charge in [-0.2, -0.15) is 0 Å². The van der Waals surface area contributed by atoms with Crippen LogP contribution in [-0.2, 0) is 4.79 Å². The van der Waals surface area contributed by atoms with E-state index in [1.807, 2.05) is 42.7 Å². The molecule has 3 aromatic rings. The van der Waals surface area contributed by atoms with E-state index >= 15 is 0 Å². The molecular weight excluding hydrogens is 404 g/mol. The maximum Gasteiger partial charge on any atom is 0.325 e. The SMILES string of the molecule is COc1cccc(C2N(C(C)=O)c3ccccc3-c3c(=O)[nH]c(SC)n[n+]32)c1OC. The van der Waals surface area contributed by atoms with E-state index in [4.69, 9.17) is 9.47 Å². The van der Waals surface area contributed by atoms with Gasteiger partial charge in [0.1, 0.15) is 0 Å². The number of nitrogens with zero attached hydrogens (tertiary/aromatic N) is 3. The highest BCUT2D eigenvalue weighted by molar-refractivity contribution is 7.98. The number of anilines is 1. The number of aromatic nitrogens is 3. The first kappa shape index (κ1) is 20.0. The monoisotopic (exact) mass is 425 g/mol. The van der Waals surface area contributed by atoms with Crippen LogP contribution in [-0.4, -0.2) is 36.5 Å². The number of para-hydroxylation sites is 2. The number of carbonyl (C=O) groups is 1. The van der Waals surface area contributed by atoms with Gasteiger partial charge in [0.25, 0.3) is 6.17 Å². The Kier molecular flexibility index (Phi) is 5.21. The van der Waals surface area contributed by atoms with Crippen LogP contribution in [0.1, 0.15) is 18.7 Å². The van der Waals surface area contributed by atoms with Crippen LogP contribution in [0.5, 0.6) is 11.5 Å². The number of hydrogen-bond donors (Lipinski definition) is 1. The van der Waals surface area contributed by atoms with Crippen molar-refractivity contribution in [2.24, 2.45) is 0 Å². The molecule has 0 radical (unpaired) electrons. The number of carbonyl (C=O) groups excluding carboxylic acids is 1. The topological polar surface area (TPSA) is 88.4 Å². The third-order valence-electron chi connectivity index (χ3n) is 5.00. The van der Waals surface area contributed by atoms with Gasteiger partial charge < -0.3 is 9.47 Å². The first-order valence-corrected chi connectivity index (χ1v) is 10.4. The van der Waals surface area contributed by atoms with Crippen molar-refractivity contribution < 1.29 is 19.0 Å². The molecule has 30 heavy (non-hydrogen) atoms. The first-order valence-electron chi connectivity index (χ1n) is 9.22. The fourth-order valence-electron chi connectivity index (χ4n) is 3.80. The lowest BCUT2D eigenvalue weighted by Crippen LogP contribution is -2.60. The van der Waals surface area contributed by atoms with Crippen LogP contribution in [0.4, 0.5) is 5.69 Å². The second-order valence-electron chi connectivity index (χ2n) is 6.62. The summed E-state index contributed by atoms with van der Waals surface area (Å²) in [6.07, 6.45) is 1.09. The first-order chi connectivity index (χ1) is 14.5. The summed E-state index contributed by atoms with van der Waals surface area (Å²) in [6, 6.07) is 12.7. The van der Waals surface area contributed by atoms with E-state index in [1.165, 1.54) is 18.7 Å². The summed E-state index contributed by atoms with van der Waals surface area (Å²) >= 11 is 1.31. The van der Waals surface area contributed by atoms with Crippen LogP contribution in [0.25, 0.3) is 11.3 Å². The molecule has 1 amide bonds. The summed E-state index contributed by atoms with van der Waals surface area (Å²) in [6.45, 7) is 1.49.